The van der Waals surface area contributed by atoms with Crippen LogP contribution in [0.3, 0.4) is 0 Å². The first-order chi connectivity index (χ1) is 9.02. The molecule has 0 aromatic rings. The number of carboxylic acid groups (broad SMARTS) is 1. The number of nitrogens with one attached hydrogen (secondary N) is 1. The summed E-state index contributed by atoms with van der Waals surface area (Å²) in [6.45, 7) is 5.81. The van der Waals surface area contributed by atoms with E-state index < -0.39 is 5.97 Å². The third-order valence-electron chi connectivity index (χ3n) is 3.67. The molecule has 5 heteroatoms. The quantitative estimate of drug-likeness (QED) is 0.746. The third kappa shape index (κ3) is 5.94. The highest BCUT2D eigenvalue weighted by Gasteiger charge is 2.25. The van der Waals surface area contributed by atoms with Crippen LogP contribution in [0.4, 0.5) is 4.79 Å². The number of urea groups is 1. The Balaban J connectivity index is 2.21. The lowest BCUT2D eigenvalue weighted by molar-refractivity contribution is -0.137. The molecule has 0 bridgehead atoms. The van der Waals surface area contributed by atoms with Crippen LogP contribution in [0.2, 0.25) is 0 Å². The van der Waals surface area contributed by atoms with Gasteiger partial charge in [0.2, 0.25) is 0 Å². The summed E-state index contributed by atoms with van der Waals surface area (Å²) >= 11 is 0. The van der Waals surface area contributed by atoms with Crippen LogP contribution < -0.4 is 5.32 Å². The van der Waals surface area contributed by atoms with E-state index in [1.54, 1.807) is 0 Å². The van der Waals surface area contributed by atoms with Gasteiger partial charge in [-0.05, 0) is 38.5 Å². The standard InChI is InChI=1S/C14H26N2O3/c1-3-5-12-8-9-16(10-12)14(19)15-11(2)6-4-7-13(17)18/h11-12H,3-10H2,1-2H3,(H,15,19)(H,17,18). The number of nitrogens with zero attached hydrogens (tertiary/aromatic N) is 1. The number of rotatable bonds is 7. The molecule has 0 saturated carbocycles. The Morgan fingerprint density at radius 2 is 2.21 bits per heavy atom. The fourth-order valence-electron chi connectivity index (χ4n) is 2.59. The molecule has 2 N–H and O–H groups in total. The summed E-state index contributed by atoms with van der Waals surface area (Å²) in [4.78, 5) is 24.3. The highest BCUT2D eigenvalue weighted by molar-refractivity contribution is 5.74. The molecule has 2 unspecified atom stereocenters. The first kappa shape index (κ1) is 15.8. The first-order valence-electron chi connectivity index (χ1n) is 7.30. The van der Waals surface area contributed by atoms with Crippen LogP contribution >= 0.6 is 0 Å². The number of aliphatic carboxylic acids is 1. The number of hydrogen-bond donors (Lipinski definition) is 2. The molecule has 1 rings (SSSR count). The van der Waals surface area contributed by atoms with Crippen molar-refractivity contribution < 1.29 is 14.7 Å². The minimum atomic E-state index is -0.777. The fourth-order valence-corrected chi connectivity index (χ4v) is 2.59. The summed E-state index contributed by atoms with van der Waals surface area (Å²) in [5, 5.41) is 11.5. The van der Waals surface area contributed by atoms with Gasteiger partial charge in [-0.25, -0.2) is 4.79 Å². The van der Waals surface area contributed by atoms with Crippen molar-refractivity contribution in [3.05, 3.63) is 0 Å². The molecule has 1 heterocycles. The summed E-state index contributed by atoms with van der Waals surface area (Å²) in [6, 6.07) is 0.0403. The number of carbonyl (C=O) groups is 2. The average Bonchev–Trinajstić information content (AvgIpc) is 2.77. The van der Waals surface area contributed by atoms with E-state index in [0.717, 1.165) is 19.5 Å². The molecule has 0 radical (unpaired) electrons. The maximum atomic E-state index is 12.0. The average molecular weight is 270 g/mol. The maximum Gasteiger partial charge on any atom is 0.317 e. The number of carboxylic acids is 1. The Bertz CT molecular complexity index is 307. The predicted octanol–water partition coefficient (Wildman–Crippen LogP) is 2.46. The lowest BCUT2D eigenvalue weighted by Gasteiger charge is -2.21. The zero-order valence-electron chi connectivity index (χ0n) is 12.0. The van der Waals surface area contributed by atoms with E-state index in [2.05, 4.69) is 12.2 Å². The van der Waals surface area contributed by atoms with E-state index in [9.17, 15) is 9.59 Å². The lowest BCUT2D eigenvalue weighted by atomic mass is 10.0. The predicted molar refractivity (Wildman–Crippen MR) is 74.1 cm³/mol. The zero-order valence-corrected chi connectivity index (χ0v) is 12.0. The van der Waals surface area contributed by atoms with E-state index >= 15 is 0 Å². The molecular formula is C14H26N2O3. The Labute approximate surface area is 115 Å². The van der Waals surface area contributed by atoms with Crippen molar-refractivity contribution >= 4 is 12.0 Å². The van der Waals surface area contributed by atoms with Crippen molar-refractivity contribution in [3.8, 4) is 0 Å². The van der Waals surface area contributed by atoms with Crippen LogP contribution in [0.15, 0.2) is 0 Å². The molecule has 1 saturated heterocycles. The molecule has 2 atom stereocenters. The molecular weight excluding hydrogens is 244 g/mol. The van der Waals surface area contributed by atoms with Crippen LogP contribution in [0.1, 0.15) is 52.4 Å². The normalized spacial score (nSPS) is 20.3. The summed E-state index contributed by atoms with van der Waals surface area (Å²) in [7, 11) is 0. The monoisotopic (exact) mass is 270 g/mol. The Hall–Kier alpha value is -1.26. The molecule has 0 spiro atoms. The van der Waals surface area contributed by atoms with Gasteiger partial charge in [0, 0.05) is 25.6 Å². The van der Waals surface area contributed by atoms with Gasteiger partial charge in [-0.2, -0.15) is 0 Å². The summed E-state index contributed by atoms with van der Waals surface area (Å²) in [5.41, 5.74) is 0. The van der Waals surface area contributed by atoms with E-state index in [4.69, 9.17) is 5.11 Å². The number of carbonyl (C=O) groups excluding carboxylic acids is 1. The molecule has 1 aliphatic rings. The molecule has 1 fully saturated rings. The number of hydrogen-bond acceptors (Lipinski definition) is 2. The lowest BCUT2D eigenvalue weighted by Crippen LogP contribution is -2.42. The van der Waals surface area contributed by atoms with Gasteiger partial charge in [-0.3, -0.25) is 4.79 Å². The highest BCUT2D eigenvalue weighted by Crippen LogP contribution is 2.20. The molecule has 5 nitrogen and oxygen atoms in total. The highest BCUT2D eigenvalue weighted by atomic mass is 16.4. The summed E-state index contributed by atoms with van der Waals surface area (Å²) < 4.78 is 0. The number of likely N-dealkylation sites (tertiary alicyclic amines) is 1. The molecule has 2 amide bonds. The van der Waals surface area contributed by atoms with Gasteiger partial charge >= 0.3 is 12.0 Å². The Kier molecular flexibility index (Phi) is 6.67. The molecule has 0 aromatic carbocycles. The Morgan fingerprint density at radius 3 is 2.84 bits per heavy atom. The van der Waals surface area contributed by atoms with Gasteiger partial charge in [0.05, 0.1) is 0 Å². The van der Waals surface area contributed by atoms with E-state index in [-0.39, 0.29) is 18.5 Å². The van der Waals surface area contributed by atoms with Gasteiger partial charge in [-0.1, -0.05) is 13.3 Å². The van der Waals surface area contributed by atoms with Crippen molar-refractivity contribution in [2.24, 2.45) is 5.92 Å². The third-order valence-corrected chi connectivity index (χ3v) is 3.67. The minimum Gasteiger partial charge on any atom is -0.481 e. The topological polar surface area (TPSA) is 69.6 Å². The second-order valence-corrected chi connectivity index (χ2v) is 5.53. The van der Waals surface area contributed by atoms with Gasteiger partial charge in [0.15, 0.2) is 0 Å². The van der Waals surface area contributed by atoms with Gasteiger partial charge in [0.1, 0.15) is 0 Å². The molecule has 0 aromatic heterocycles. The van der Waals surface area contributed by atoms with E-state index in [0.29, 0.717) is 18.8 Å². The van der Waals surface area contributed by atoms with Gasteiger partial charge < -0.3 is 15.3 Å². The van der Waals surface area contributed by atoms with E-state index in [1.807, 2.05) is 11.8 Å². The van der Waals surface area contributed by atoms with Crippen LogP contribution in [0.25, 0.3) is 0 Å². The molecule has 1 aliphatic heterocycles. The van der Waals surface area contributed by atoms with Crippen LogP contribution in [-0.4, -0.2) is 41.1 Å². The van der Waals surface area contributed by atoms with Crippen LogP contribution in [0.5, 0.6) is 0 Å². The van der Waals surface area contributed by atoms with Gasteiger partial charge in [0.25, 0.3) is 0 Å². The van der Waals surface area contributed by atoms with E-state index in [1.165, 1.54) is 12.8 Å². The van der Waals surface area contributed by atoms with Crippen molar-refractivity contribution in [1.29, 1.82) is 0 Å². The molecule has 0 aliphatic carbocycles. The SMILES string of the molecule is CCCC1CCN(C(=O)NC(C)CCCC(=O)O)C1. The Morgan fingerprint density at radius 1 is 1.47 bits per heavy atom. The van der Waals surface area contributed by atoms with Crippen LogP contribution in [0, 0.1) is 5.92 Å². The molecule has 110 valence electrons. The largest absolute Gasteiger partial charge is 0.481 e. The fraction of sp³-hybridized carbons (Fsp3) is 0.857. The van der Waals surface area contributed by atoms with Crippen LogP contribution in [-0.2, 0) is 4.79 Å². The summed E-state index contributed by atoms with van der Waals surface area (Å²) in [6.07, 6.45) is 4.96. The second kappa shape index (κ2) is 8.02. The first-order valence-corrected chi connectivity index (χ1v) is 7.30. The van der Waals surface area contributed by atoms with Crippen molar-refractivity contribution in [2.45, 2.75) is 58.4 Å². The maximum absolute atomic E-state index is 12.0. The zero-order chi connectivity index (χ0) is 14.3. The summed E-state index contributed by atoms with van der Waals surface area (Å²) in [5.74, 6) is -0.126. The van der Waals surface area contributed by atoms with Crippen molar-refractivity contribution in [3.63, 3.8) is 0 Å². The van der Waals surface area contributed by atoms with Crippen molar-refractivity contribution in [2.75, 3.05) is 13.1 Å². The smallest absolute Gasteiger partial charge is 0.317 e. The minimum absolute atomic E-state index is 0.00132. The van der Waals surface area contributed by atoms with Crippen molar-refractivity contribution in [1.82, 2.24) is 10.2 Å². The molecule has 19 heavy (non-hydrogen) atoms. The second-order valence-electron chi connectivity index (χ2n) is 5.53. The number of amides is 2. The van der Waals surface area contributed by atoms with Gasteiger partial charge in [-0.15, -0.1) is 0 Å².